The molecular weight excluding hydrogens is 372 g/mol. The average molecular weight is 388 g/mol. The lowest BCUT2D eigenvalue weighted by Gasteiger charge is -2.15. The molecule has 0 amide bonds. The van der Waals surface area contributed by atoms with Crippen LogP contribution in [-0.2, 0) is 15.6 Å². The second kappa shape index (κ2) is 7.43. The molecule has 2 aromatic carbocycles. The van der Waals surface area contributed by atoms with Crippen molar-refractivity contribution in [2.24, 2.45) is 0 Å². The summed E-state index contributed by atoms with van der Waals surface area (Å²) in [6, 6.07) is 16.7. The van der Waals surface area contributed by atoms with Crippen LogP contribution in [-0.4, -0.2) is 19.5 Å². The molecule has 2 rings (SSSR count). The van der Waals surface area contributed by atoms with Gasteiger partial charge in [0.05, 0.1) is 11.5 Å². The summed E-state index contributed by atoms with van der Waals surface area (Å²) in [6.45, 7) is 0. The minimum absolute atomic E-state index is 0.0248. The first-order chi connectivity index (χ1) is 10.0. The quantitative estimate of drug-likeness (QED) is 0.687. The molecule has 1 unspecified atom stereocenters. The molecular formula is C16H16BrClO2S. The van der Waals surface area contributed by atoms with Gasteiger partial charge in [0, 0.05) is 16.3 Å². The lowest BCUT2D eigenvalue weighted by molar-refractivity contribution is 0.590. The molecule has 0 aliphatic carbocycles. The Hall–Kier alpha value is -0.840. The van der Waals surface area contributed by atoms with Crippen LogP contribution in [0.25, 0.3) is 0 Å². The van der Waals surface area contributed by atoms with Crippen LogP contribution in [0, 0.1) is 0 Å². The van der Waals surface area contributed by atoms with Gasteiger partial charge in [-0.05, 0) is 17.2 Å². The molecule has 21 heavy (non-hydrogen) atoms. The van der Waals surface area contributed by atoms with Crippen molar-refractivity contribution in [2.75, 3.05) is 11.1 Å². The van der Waals surface area contributed by atoms with Crippen LogP contribution in [0.5, 0.6) is 0 Å². The zero-order valence-corrected chi connectivity index (χ0v) is 14.5. The van der Waals surface area contributed by atoms with E-state index in [0.29, 0.717) is 15.9 Å². The third-order valence-electron chi connectivity index (χ3n) is 3.25. The molecule has 0 saturated heterocycles. The Bertz CT molecular complexity index is 686. The largest absolute Gasteiger partial charge is 0.228 e. The highest BCUT2D eigenvalue weighted by molar-refractivity contribution is 9.09. The number of sulfone groups is 1. The number of hydrogen-bond acceptors (Lipinski definition) is 2. The van der Waals surface area contributed by atoms with E-state index in [1.807, 2.05) is 30.3 Å². The van der Waals surface area contributed by atoms with Crippen LogP contribution in [0.3, 0.4) is 0 Å². The Morgan fingerprint density at radius 2 is 1.62 bits per heavy atom. The second-order valence-electron chi connectivity index (χ2n) is 4.91. The summed E-state index contributed by atoms with van der Waals surface area (Å²) in [7, 11) is -3.23. The van der Waals surface area contributed by atoms with E-state index in [1.54, 1.807) is 24.3 Å². The van der Waals surface area contributed by atoms with Crippen molar-refractivity contribution >= 4 is 37.4 Å². The second-order valence-corrected chi connectivity index (χ2v) is 8.07. The average Bonchev–Trinajstić information content (AvgIpc) is 2.48. The third kappa shape index (κ3) is 4.83. The number of hydrogen-bond donors (Lipinski definition) is 0. The van der Waals surface area contributed by atoms with Gasteiger partial charge in [-0.25, -0.2) is 8.42 Å². The van der Waals surface area contributed by atoms with Crippen molar-refractivity contribution in [3.8, 4) is 0 Å². The van der Waals surface area contributed by atoms with Crippen LogP contribution in [0.1, 0.15) is 17.0 Å². The monoisotopic (exact) mass is 386 g/mol. The van der Waals surface area contributed by atoms with E-state index in [1.165, 1.54) is 0 Å². The Kier molecular flexibility index (Phi) is 5.85. The first kappa shape index (κ1) is 16.5. The fraction of sp³-hybridized carbons (Fsp3) is 0.250. The predicted octanol–water partition coefficient (Wildman–Crippen LogP) is 4.43. The van der Waals surface area contributed by atoms with E-state index in [9.17, 15) is 8.42 Å². The molecule has 2 aromatic rings. The predicted molar refractivity (Wildman–Crippen MR) is 91.9 cm³/mol. The smallest absolute Gasteiger partial charge is 0.155 e. The van der Waals surface area contributed by atoms with Crippen LogP contribution < -0.4 is 0 Å². The van der Waals surface area contributed by atoms with E-state index >= 15 is 0 Å². The Labute approximate surface area is 139 Å². The van der Waals surface area contributed by atoms with Gasteiger partial charge in [0.1, 0.15) is 0 Å². The van der Waals surface area contributed by atoms with Crippen molar-refractivity contribution in [2.45, 2.75) is 11.7 Å². The fourth-order valence-electron chi connectivity index (χ4n) is 2.17. The number of benzene rings is 2. The Balaban J connectivity index is 2.15. The van der Waals surface area contributed by atoms with E-state index < -0.39 is 9.84 Å². The van der Waals surface area contributed by atoms with Crippen molar-refractivity contribution in [3.05, 3.63) is 70.7 Å². The van der Waals surface area contributed by atoms with Crippen molar-refractivity contribution in [1.29, 1.82) is 0 Å². The van der Waals surface area contributed by atoms with Crippen LogP contribution in [0.15, 0.2) is 54.6 Å². The van der Waals surface area contributed by atoms with Crippen LogP contribution >= 0.6 is 27.5 Å². The molecule has 0 radical (unpaired) electrons. The number of halogens is 2. The first-order valence-corrected chi connectivity index (χ1v) is 9.88. The number of rotatable bonds is 6. The molecule has 0 aliphatic rings. The topological polar surface area (TPSA) is 34.1 Å². The Morgan fingerprint density at radius 1 is 1.00 bits per heavy atom. The molecule has 0 aliphatic heterocycles. The molecule has 0 aromatic heterocycles. The SMILES string of the molecule is O=S(=O)(Cc1ccccc1Cl)CC(CBr)c1ccccc1. The van der Waals surface area contributed by atoms with E-state index in [-0.39, 0.29) is 17.4 Å². The lowest BCUT2D eigenvalue weighted by atomic mass is 10.0. The van der Waals surface area contributed by atoms with Gasteiger partial charge >= 0.3 is 0 Å². The van der Waals surface area contributed by atoms with Gasteiger partial charge in [-0.1, -0.05) is 76.1 Å². The molecule has 1 atom stereocenters. The van der Waals surface area contributed by atoms with Crippen molar-refractivity contribution in [1.82, 2.24) is 0 Å². The summed E-state index contributed by atoms with van der Waals surface area (Å²) >= 11 is 9.46. The molecule has 0 N–H and O–H groups in total. The van der Waals surface area contributed by atoms with Gasteiger partial charge in [-0.3, -0.25) is 0 Å². The Morgan fingerprint density at radius 3 is 2.24 bits per heavy atom. The van der Waals surface area contributed by atoms with Crippen LogP contribution in [0.2, 0.25) is 5.02 Å². The molecule has 0 saturated carbocycles. The maximum absolute atomic E-state index is 12.4. The third-order valence-corrected chi connectivity index (χ3v) is 6.06. The maximum atomic E-state index is 12.4. The van der Waals surface area contributed by atoms with Crippen LogP contribution in [0.4, 0.5) is 0 Å². The highest BCUT2D eigenvalue weighted by Crippen LogP contribution is 2.24. The summed E-state index contributed by atoms with van der Waals surface area (Å²) in [6.07, 6.45) is 0. The highest BCUT2D eigenvalue weighted by atomic mass is 79.9. The van der Waals surface area contributed by atoms with Crippen molar-refractivity contribution < 1.29 is 8.42 Å². The maximum Gasteiger partial charge on any atom is 0.155 e. The summed E-state index contributed by atoms with van der Waals surface area (Å²) in [4.78, 5) is 0. The molecule has 0 bridgehead atoms. The number of alkyl halides is 1. The normalized spacial score (nSPS) is 13.0. The van der Waals surface area contributed by atoms with Crippen molar-refractivity contribution in [3.63, 3.8) is 0 Å². The first-order valence-electron chi connectivity index (χ1n) is 6.56. The highest BCUT2D eigenvalue weighted by Gasteiger charge is 2.21. The molecule has 2 nitrogen and oxygen atoms in total. The van der Waals surface area contributed by atoms with E-state index in [2.05, 4.69) is 15.9 Å². The summed E-state index contributed by atoms with van der Waals surface area (Å²) in [5, 5.41) is 1.11. The van der Waals surface area contributed by atoms with Gasteiger partial charge < -0.3 is 0 Å². The van der Waals surface area contributed by atoms with E-state index in [4.69, 9.17) is 11.6 Å². The van der Waals surface area contributed by atoms with E-state index in [0.717, 1.165) is 5.56 Å². The molecule has 112 valence electrons. The molecule has 0 heterocycles. The molecule has 0 spiro atoms. The lowest BCUT2D eigenvalue weighted by Crippen LogP contribution is -2.17. The summed E-state index contributed by atoms with van der Waals surface area (Å²) < 4.78 is 24.8. The van der Waals surface area contributed by atoms with Gasteiger partial charge in [0.25, 0.3) is 0 Å². The minimum Gasteiger partial charge on any atom is -0.228 e. The zero-order valence-electron chi connectivity index (χ0n) is 11.4. The standard InChI is InChI=1S/C16H16BrClO2S/c17-10-15(13-6-2-1-3-7-13)12-21(19,20)11-14-8-4-5-9-16(14)18/h1-9,15H,10-12H2. The summed E-state index contributed by atoms with van der Waals surface area (Å²) in [5.74, 6) is 0.0231. The van der Waals surface area contributed by atoms with Gasteiger partial charge in [0.2, 0.25) is 0 Å². The van der Waals surface area contributed by atoms with Gasteiger partial charge in [-0.15, -0.1) is 0 Å². The zero-order chi connectivity index (χ0) is 15.3. The van der Waals surface area contributed by atoms with Gasteiger partial charge in [0.15, 0.2) is 9.84 Å². The summed E-state index contributed by atoms with van der Waals surface area (Å²) in [5.41, 5.74) is 1.68. The van der Waals surface area contributed by atoms with Gasteiger partial charge in [-0.2, -0.15) is 0 Å². The minimum atomic E-state index is -3.23. The molecule has 0 fully saturated rings. The fourth-order valence-corrected chi connectivity index (χ4v) is 5.13. The molecule has 5 heteroatoms.